The lowest BCUT2D eigenvalue weighted by Crippen LogP contribution is -2.45. The molecule has 0 aliphatic carbocycles. The maximum absolute atomic E-state index is 12.4. The molecule has 2 rings (SSSR count). The lowest BCUT2D eigenvalue weighted by atomic mass is 9.98. The molecule has 3 nitrogen and oxygen atoms in total. The zero-order valence-electron chi connectivity index (χ0n) is 13.1. The molecule has 1 amide bonds. The van der Waals surface area contributed by atoms with E-state index in [4.69, 9.17) is 0 Å². The number of nitrogens with one attached hydrogen (secondary N) is 1. The summed E-state index contributed by atoms with van der Waals surface area (Å²) < 4.78 is 0. The van der Waals surface area contributed by atoms with Crippen LogP contribution in [0.2, 0.25) is 0 Å². The van der Waals surface area contributed by atoms with Crippen LogP contribution in [0.5, 0.6) is 0 Å². The van der Waals surface area contributed by atoms with Crippen LogP contribution in [-0.2, 0) is 4.79 Å². The zero-order chi connectivity index (χ0) is 14.7. The molecule has 0 unspecified atom stereocenters. The molecule has 20 heavy (non-hydrogen) atoms. The molecule has 0 bridgehead atoms. The molecular weight excluding hydrogens is 248 g/mol. The summed E-state index contributed by atoms with van der Waals surface area (Å²) in [6.07, 6.45) is 2.39. The maximum atomic E-state index is 12.4. The number of carbonyl (C=O) groups is 1. The highest BCUT2D eigenvalue weighted by molar-refractivity contribution is 5.95. The van der Waals surface area contributed by atoms with Crippen molar-refractivity contribution < 1.29 is 4.79 Å². The molecule has 1 saturated heterocycles. The first-order valence-electron chi connectivity index (χ1n) is 7.60. The van der Waals surface area contributed by atoms with E-state index in [2.05, 4.69) is 17.1 Å². The molecule has 0 aromatic heterocycles. The van der Waals surface area contributed by atoms with Crippen molar-refractivity contribution in [3.63, 3.8) is 0 Å². The van der Waals surface area contributed by atoms with Crippen LogP contribution in [0.1, 0.15) is 37.8 Å². The van der Waals surface area contributed by atoms with Gasteiger partial charge in [0, 0.05) is 5.69 Å². The molecule has 0 radical (unpaired) electrons. The average Bonchev–Trinajstić information content (AvgIpc) is 2.43. The van der Waals surface area contributed by atoms with Gasteiger partial charge in [-0.2, -0.15) is 0 Å². The van der Waals surface area contributed by atoms with Crippen LogP contribution < -0.4 is 5.32 Å². The predicted octanol–water partition coefficient (Wildman–Crippen LogP) is 3.36. The highest BCUT2D eigenvalue weighted by atomic mass is 16.2. The minimum Gasteiger partial charge on any atom is -0.324 e. The number of benzene rings is 1. The topological polar surface area (TPSA) is 32.3 Å². The molecule has 0 spiro atoms. The third-order valence-electron chi connectivity index (χ3n) is 4.47. The van der Waals surface area contributed by atoms with Crippen LogP contribution in [-0.4, -0.2) is 29.9 Å². The summed E-state index contributed by atoms with van der Waals surface area (Å²) in [6.45, 7) is 10.4. The number of amides is 1. The summed E-state index contributed by atoms with van der Waals surface area (Å²) in [4.78, 5) is 14.7. The van der Waals surface area contributed by atoms with E-state index < -0.39 is 0 Å². The van der Waals surface area contributed by atoms with Crippen LogP contribution >= 0.6 is 0 Å². The molecule has 1 heterocycles. The number of carbonyl (C=O) groups excluding carboxylic acids is 1. The molecule has 110 valence electrons. The van der Waals surface area contributed by atoms with Gasteiger partial charge < -0.3 is 5.32 Å². The Kier molecular flexibility index (Phi) is 4.81. The second-order valence-corrected chi connectivity index (χ2v) is 6.15. The van der Waals surface area contributed by atoms with Gasteiger partial charge in [0.25, 0.3) is 0 Å². The molecule has 1 aromatic carbocycles. The first kappa shape index (κ1) is 15.0. The number of nitrogens with zero attached hydrogens (tertiary/aromatic N) is 1. The maximum Gasteiger partial charge on any atom is 0.241 e. The second-order valence-electron chi connectivity index (χ2n) is 6.15. The van der Waals surface area contributed by atoms with Crippen molar-refractivity contribution in [3.05, 3.63) is 29.3 Å². The van der Waals surface area contributed by atoms with E-state index in [0.717, 1.165) is 35.8 Å². The normalized spacial score (nSPS) is 18.8. The van der Waals surface area contributed by atoms with Crippen molar-refractivity contribution in [1.82, 2.24) is 4.90 Å². The minimum atomic E-state index is -0.0542. The van der Waals surface area contributed by atoms with Gasteiger partial charge in [0.2, 0.25) is 5.91 Å². The Morgan fingerprint density at radius 3 is 2.35 bits per heavy atom. The van der Waals surface area contributed by atoms with Crippen LogP contribution in [0.4, 0.5) is 5.69 Å². The van der Waals surface area contributed by atoms with Gasteiger partial charge in [0.1, 0.15) is 0 Å². The van der Waals surface area contributed by atoms with Crippen molar-refractivity contribution in [3.8, 4) is 0 Å². The number of anilines is 1. The van der Waals surface area contributed by atoms with E-state index >= 15 is 0 Å². The van der Waals surface area contributed by atoms with Gasteiger partial charge in [0.15, 0.2) is 0 Å². The number of aryl methyl sites for hydroxylation is 2. The SMILES string of the molecule is Cc1cccc(C)c1NC(=O)[C@H](C)N1CCC(C)CC1. The van der Waals surface area contributed by atoms with Crippen molar-refractivity contribution in [2.24, 2.45) is 5.92 Å². The van der Waals surface area contributed by atoms with Crippen LogP contribution in [0.15, 0.2) is 18.2 Å². The number of para-hydroxylation sites is 1. The third-order valence-corrected chi connectivity index (χ3v) is 4.47. The lowest BCUT2D eigenvalue weighted by molar-refractivity contribution is -0.121. The fourth-order valence-corrected chi connectivity index (χ4v) is 2.82. The quantitative estimate of drug-likeness (QED) is 0.916. The number of likely N-dealkylation sites (tertiary alicyclic amines) is 1. The van der Waals surface area contributed by atoms with E-state index in [-0.39, 0.29) is 11.9 Å². The molecule has 1 atom stereocenters. The number of hydrogen-bond acceptors (Lipinski definition) is 2. The standard InChI is InChI=1S/C17H26N2O/c1-12-8-10-19(11-9-12)15(4)17(20)18-16-13(2)6-5-7-14(16)3/h5-7,12,15H,8-11H2,1-4H3,(H,18,20)/t15-/m0/s1. The van der Waals surface area contributed by atoms with Gasteiger partial charge in [-0.25, -0.2) is 0 Å². The number of piperidine rings is 1. The van der Waals surface area contributed by atoms with Crippen molar-refractivity contribution in [2.45, 2.75) is 46.6 Å². The van der Waals surface area contributed by atoms with E-state index in [1.165, 1.54) is 12.8 Å². The zero-order valence-corrected chi connectivity index (χ0v) is 13.1. The molecule has 0 saturated carbocycles. The lowest BCUT2D eigenvalue weighted by Gasteiger charge is -2.34. The highest BCUT2D eigenvalue weighted by Gasteiger charge is 2.25. The number of rotatable bonds is 3. The van der Waals surface area contributed by atoms with Gasteiger partial charge in [-0.3, -0.25) is 9.69 Å². The molecule has 1 aliphatic rings. The van der Waals surface area contributed by atoms with Gasteiger partial charge in [-0.15, -0.1) is 0 Å². The summed E-state index contributed by atoms with van der Waals surface area (Å²) in [6, 6.07) is 6.04. The average molecular weight is 274 g/mol. The van der Waals surface area contributed by atoms with E-state index in [1.54, 1.807) is 0 Å². The smallest absolute Gasteiger partial charge is 0.241 e. The van der Waals surface area contributed by atoms with Gasteiger partial charge >= 0.3 is 0 Å². The first-order chi connectivity index (χ1) is 9.49. The fraction of sp³-hybridized carbons (Fsp3) is 0.588. The largest absolute Gasteiger partial charge is 0.324 e. The van der Waals surface area contributed by atoms with Gasteiger partial charge in [-0.1, -0.05) is 25.1 Å². The highest BCUT2D eigenvalue weighted by Crippen LogP contribution is 2.22. The molecule has 1 aliphatic heterocycles. The summed E-state index contributed by atoms with van der Waals surface area (Å²) >= 11 is 0. The Labute approximate surface area is 122 Å². The molecule has 1 fully saturated rings. The van der Waals surface area contributed by atoms with Crippen LogP contribution in [0.25, 0.3) is 0 Å². The summed E-state index contributed by atoms with van der Waals surface area (Å²) in [5.41, 5.74) is 3.21. The Morgan fingerprint density at radius 1 is 1.25 bits per heavy atom. The fourth-order valence-electron chi connectivity index (χ4n) is 2.82. The van der Waals surface area contributed by atoms with Crippen molar-refractivity contribution >= 4 is 11.6 Å². The molecule has 3 heteroatoms. The summed E-state index contributed by atoms with van der Waals surface area (Å²) in [5.74, 6) is 0.900. The third kappa shape index (κ3) is 3.40. The molecular formula is C17H26N2O. The number of hydrogen-bond donors (Lipinski definition) is 1. The van der Waals surface area contributed by atoms with Crippen molar-refractivity contribution in [1.29, 1.82) is 0 Å². The van der Waals surface area contributed by atoms with Crippen LogP contribution in [0, 0.1) is 19.8 Å². The summed E-state index contributed by atoms with van der Waals surface area (Å²) in [7, 11) is 0. The minimum absolute atomic E-state index is 0.0542. The predicted molar refractivity (Wildman–Crippen MR) is 84.0 cm³/mol. The Balaban J connectivity index is 2.01. The van der Waals surface area contributed by atoms with Crippen LogP contribution in [0.3, 0.4) is 0 Å². The van der Waals surface area contributed by atoms with E-state index in [0.29, 0.717) is 0 Å². The Morgan fingerprint density at radius 2 is 1.80 bits per heavy atom. The van der Waals surface area contributed by atoms with Gasteiger partial charge in [0.05, 0.1) is 6.04 Å². The van der Waals surface area contributed by atoms with Gasteiger partial charge in [-0.05, 0) is 63.7 Å². The molecule has 1 aromatic rings. The molecule has 1 N–H and O–H groups in total. The Bertz CT molecular complexity index is 456. The second kappa shape index (κ2) is 6.40. The van der Waals surface area contributed by atoms with Crippen molar-refractivity contribution in [2.75, 3.05) is 18.4 Å². The monoisotopic (exact) mass is 274 g/mol. The Hall–Kier alpha value is -1.35. The first-order valence-corrected chi connectivity index (χ1v) is 7.60. The summed E-state index contributed by atoms with van der Waals surface area (Å²) in [5, 5.41) is 3.11. The van der Waals surface area contributed by atoms with E-state index in [1.807, 2.05) is 39.0 Å². The van der Waals surface area contributed by atoms with E-state index in [9.17, 15) is 4.79 Å².